The summed E-state index contributed by atoms with van der Waals surface area (Å²) in [4.78, 5) is 24.4. The number of aryl methyl sites for hydroxylation is 3. The van der Waals surface area contributed by atoms with Crippen molar-refractivity contribution in [3.8, 4) is 0 Å². The molecular formula is C16H20N6O. The first-order valence-electron chi connectivity index (χ1n) is 7.64. The smallest absolute Gasteiger partial charge is 0.270 e. The number of carbonyl (C=O) groups excluding carboxylic acids is 1. The first-order valence-corrected chi connectivity index (χ1v) is 7.64. The summed E-state index contributed by atoms with van der Waals surface area (Å²) >= 11 is 0. The zero-order valence-corrected chi connectivity index (χ0v) is 13.7. The molecule has 0 aliphatic carbocycles. The Morgan fingerprint density at radius 3 is 2.78 bits per heavy atom. The molecule has 3 rings (SSSR count). The Morgan fingerprint density at radius 2 is 2.13 bits per heavy atom. The molecular weight excluding hydrogens is 292 g/mol. The molecule has 23 heavy (non-hydrogen) atoms. The first-order chi connectivity index (χ1) is 11.0. The van der Waals surface area contributed by atoms with Crippen molar-refractivity contribution in [2.24, 2.45) is 0 Å². The van der Waals surface area contributed by atoms with Crippen LogP contribution in [0.3, 0.4) is 0 Å². The van der Waals surface area contributed by atoms with Gasteiger partial charge in [0, 0.05) is 23.7 Å². The molecule has 0 aliphatic heterocycles. The third-order valence-electron chi connectivity index (χ3n) is 3.73. The highest BCUT2D eigenvalue weighted by Gasteiger charge is 2.18. The summed E-state index contributed by atoms with van der Waals surface area (Å²) in [6.07, 6.45) is 2.50. The molecule has 0 spiro atoms. The third kappa shape index (κ3) is 2.94. The first kappa shape index (κ1) is 15.2. The molecule has 0 saturated carbocycles. The Balaban J connectivity index is 1.87. The van der Waals surface area contributed by atoms with Crippen LogP contribution < -0.4 is 5.32 Å². The fraction of sp³-hybridized carbons (Fsp3) is 0.375. The predicted octanol–water partition coefficient (Wildman–Crippen LogP) is 2.26. The summed E-state index contributed by atoms with van der Waals surface area (Å²) in [5.74, 6) is 0.548. The van der Waals surface area contributed by atoms with Gasteiger partial charge in [-0.3, -0.25) is 4.79 Å². The lowest BCUT2D eigenvalue weighted by Gasteiger charge is -2.14. The lowest BCUT2D eigenvalue weighted by Crippen LogP contribution is -2.30. The van der Waals surface area contributed by atoms with Gasteiger partial charge in [-0.1, -0.05) is 6.92 Å². The molecule has 3 heterocycles. The lowest BCUT2D eigenvalue weighted by atomic mass is 10.2. The van der Waals surface area contributed by atoms with E-state index >= 15 is 0 Å². The van der Waals surface area contributed by atoms with Crippen LogP contribution in [0.1, 0.15) is 52.8 Å². The maximum Gasteiger partial charge on any atom is 0.270 e. The van der Waals surface area contributed by atoms with E-state index in [0.717, 1.165) is 29.3 Å². The van der Waals surface area contributed by atoms with E-state index in [4.69, 9.17) is 0 Å². The summed E-state index contributed by atoms with van der Waals surface area (Å²) in [6.45, 7) is 7.75. The van der Waals surface area contributed by atoms with Crippen LogP contribution in [0.15, 0.2) is 18.3 Å². The number of aromatic amines is 1. The molecule has 7 nitrogen and oxygen atoms in total. The molecule has 1 atom stereocenters. The maximum absolute atomic E-state index is 12.6. The Hall–Kier alpha value is -2.70. The molecule has 0 unspecified atom stereocenters. The number of amides is 1. The van der Waals surface area contributed by atoms with E-state index in [9.17, 15) is 4.79 Å². The van der Waals surface area contributed by atoms with Crippen LogP contribution in [0.25, 0.3) is 5.65 Å². The summed E-state index contributed by atoms with van der Waals surface area (Å²) in [6, 6.07) is 3.44. The van der Waals surface area contributed by atoms with E-state index in [0.29, 0.717) is 11.3 Å². The Bertz CT molecular complexity index is 863. The molecule has 1 amide bonds. The van der Waals surface area contributed by atoms with Crippen molar-refractivity contribution in [2.45, 2.75) is 40.2 Å². The second kappa shape index (κ2) is 5.83. The van der Waals surface area contributed by atoms with E-state index < -0.39 is 0 Å². The van der Waals surface area contributed by atoms with Crippen LogP contribution in [0, 0.1) is 20.8 Å². The van der Waals surface area contributed by atoms with Crippen LogP contribution in [0.4, 0.5) is 0 Å². The number of nitrogens with zero attached hydrogens (tertiary/aromatic N) is 4. The molecule has 2 N–H and O–H groups in total. The number of carbonyl (C=O) groups is 1. The molecule has 0 bridgehead atoms. The van der Waals surface area contributed by atoms with Crippen molar-refractivity contribution in [3.63, 3.8) is 0 Å². The summed E-state index contributed by atoms with van der Waals surface area (Å²) < 4.78 is 1.74. The highest BCUT2D eigenvalue weighted by atomic mass is 16.2. The molecule has 3 aromatic heterocycles. The number of imidazole rings is 1. The molecule has 0 fully saturated rings. The summed E-state index contributed by atoms with van der Waals surface area (Å²) in [5.41, 5.74) is 3.77. The van der Waals surface area contributed by atoms with E-state index in [1.807, 2.05) is 33.8 Å². The molecule has 0 aromatic carbocycles. The van der Waals surface area contributed by atoms with Gasteiger partial charge in [-0.25, -0.2) is 14.5 Å². The molecule has 3 aromatic rings. The molecule has 120 valence electrons. The third-order valence-corrected chi connectivity index (χ3v) is 3.73. The normalized spacial score (nSPS) is 12.5. The molecule has 7 heteroatoms. The average Bonchev–Trinajstić information content (AvgIpc) is 3.10. The summed E-state index contributed by atoms with van der Waals surface area (Å²) in [5, 5.41) is 7.33. The largest absolute Gasteiger partial charge is 0.344 e. The SMILES string of the molecule is CC[C@@H](NC(=O)c1cc(C)n2nc(C)cc2n1)c1ncc(C)[nH]1. The van der Waals surface area contributed by atoms with E-state index in [2.05, 4.69) is 25.4 Å². The van der Waals surface area contributed by atoms with Gasteiger partial charge in [-0.15, -0.1) is 0 Å². The second-order valence-corrected chi connectivity index (χ2v) is 5.72. The minimum atomic E-state index is -0.213. The Morgan fingerprint density at radius 1 is 1.35 bits per heavy atom. The number of aromatic nitrogens is 5. The van der Waals surface area contributed by atoms with Gasteiger partial charge in [0.15, 0.2) is 5.65 Å². The number of nitrogens with one attached hydrogen (secondary N) is 2. The predicted molar refractivity (Wildman–Crippen MR) is 86.3 cm³/mol. The van der Waals surface area contributed by atoms with E-state index in [-0.39, 0.29) is 11.9 Å². The van der Waals surface area contributed by atoms with Crippen LogP contribution in [-0.4, -0.2) is 30.5 Å². The Labute approximate surface area is 134 Å². The minimum Gasteiger partial charge on any atom is -0.344 e. The number of H-pyrrole nitrogens is 1. The van der Waals surface area contributed by atoms with Gasteiger partial charge in [0.2, 0.25) is 0 Å². The van der Waals surface area contributed by atoms with Gasteiger partial charge in [-0.2, -0.15) is 5.10 Å². The lowest BCUT2D eigenvalue weighted by molar-refractivity contribution is 0.0928. The highest BCUT2D eigenvalue weighted by molar-refractivity contribution is 5.93. The fourth-order valence-corrected chi connectivity index (χ4v) is 2.56. The molecule has 0 saturated heterocycles. The van der Waals surface area contributed by atoms with Gasteiger partial charge in [-0.05, 0) is 33.3 Å². The van der Waals surface area contributed by atoms with Crippen molar-refractivity contribution in [1.82, 2.24) is 29.9 Å². The van der Waals surface area contributed by atoms with Crippen molar-refractivity contribution in [3.05, 3.63) is 46.9 Å². The van der Waals surface area contributed by atoms with Crippen LogP contribution in [-0.2, 0) is 0 Å². The highest BCUT2D eigenvalue weighted by Crippen LogP contribution is 2.15. The van der Waals surface area contributed by atoms with Crippen LogP contribution >= 0.6 is 0 Å². The average molecular weight is 312 g/mol. The quantitative estimate of drug-likeness (QED) is 0.773. The minimum absolute atomic E-state index is 0.166. The fourth-order valence-electron chi connectivity index (χ4n) is 2.56. The van der Waals surface area contributed by atoms with Gasteiger partial charge in [0.25, 0.3) is 5.91 Å². The monoisotopic (exact) mass is 312 g/mol. The molecule has 0 aliphatic rings. The zero-order valence-electron chi connectivity index (χ0n) is 13.7. The Kier molecular flexibility index (Phi) is 3.85. The van der Waals surface area contributed by atoms with Gasteiger partial charge in [0.1, 0.15) is 11.5 Å². The van der Waals surface area contributed by atoms with Crippen LogP contribution in [0.5, 0.6) is 0 Å². The number of hydrogen-bond donors (Lipinski definition) is 2. The van der Waals surface area contributed by atoms with Crippen molar-refractivity contribution in [2.75, 3.05) is 0 Å². The summed E-state index contributed by atoms with van der Waals surface area (Å²) in [7, 11) is 0. The zero-order chi connectivity index (χ0) is 16.6. The maximum atomic E-state index is 12.6. The second-order valence-electron chi connectivity index (χ2n) is 5.72. The molecule has 0 radical (unpaired) electrons. The van der Waals surface area contributed by atoms with Crippen molar-refractivity contribution in [1.29, 1.82) is 0 Å². The van der Waals surface area contributed by atoms with E-state index in [1.54, 1.807) is 16.8 Å². The van der Waals surface area contributed by atoms with Crippen LogP contribution in [0.2, 0.25) is 0 Å². The standard InChI is InChI=1S/C16H20N6O/c1-5-12(15-17-8-10(3)18-15)20-16(23)13-7-11(4)22-14(19-13)6-9(2)21-22/h6-8,12H,5H2,1-4H3,(H,17,18)(H,20,23)/t12-/m1/s1. The number of hydrogen-bond acceptors (Lipinski definition) is 4. The van der Waals surface area contributed by atoms with Crippen molar-refractivity contribution < 1.29 is 4.79 Å². The van der Waals surface area contributed by atoms with Crippen molar-refractivity contribution >= 4 is 11.6 Å². The van der Waals surface area contributed by atoms with E-state index in [1.165, 1.54) is 0 Å². The van der Waals surface area contributed by atoms with Gasteiger partial charge in [0.05, 0.1) is 11.7 Å². The number of fused-ring (bicyclic) bond motifs is 1. The topological polar surface area (TPSA) is 88.0 Å². The van der Waals surface area contributed by atoms with Gasteiger partial charge < -0.3 is 10.3 Å². The number of rotatable bonds is 4. The van der Waals surface area contributed by atoms with Gasteiger partial charge >= 0.3 is 0 Å².